The maximum Gasteiger partial charge on any atom is 0.263 e. The second kappa shape index (κ2) is 4.63. The molecule has 0 aromatic carbocycles. The number of nitrogens with zero attached hydrogens (tertiary/aromatic N) is 1. The van der Waals surface area contributed by atoms with E-state index >= 15 is 0 Å². The number of carbonyl (C=O) groups excluding carboxylic acids is 2. The number of fused-ring (bicyclic) bond motifs is 1. The molecule has 2 amide bonds. The zero-order valence-electron chi connectivity index (χ0n) is 9.43. The maximum absolute atomic E-state index is 11.5. The lowest BCUT2D eigenvalue weighted by molar-refractivity contribution is -0.118. The van der Waals surface area contributed by atoms with Gasteiger partial charge < -0.3 is 15.4 Å². The molecular weight excluding hydrogens is 286 g/mol. The van der Waals surface area contributed by atoms with Crippen LogP contribution in [0.15, 0.2) is 17.2 Å². The van der Waals surface area contributed by atoms with E-state index < -0.39 is 0 Å². The molecule has 96 valence electrons. The number of carbonyl (C=O) groups is 2. The lowest BCUT2D eigenvalue weighted by atomic mass is 10.2. The first-order chi connectivity index (χ1) is 9.11. The van der Waals surface area contributed by atoms with Crippen LogP contribution in [0.3, 0.4) is 0 Å². The van der Waals surface area contributed by atoms with Crippen LogP contribution in [0.5, 0.6) is 5.88 Å². The molecule has 3 heterocycles. The van der Waals surface area contributed by atoms with E-state index in [2.05, 4.69) is 15.6 Å². The fourth-order valence-corrected chi connectivity index (χ4v) is 2.69. The zero-order chi connectivity index (χ0) is 13.4. The number of pyridine rings is 1. The summed E-state index contributed by atoms with van der Waals surface area (Å²) in [7, 11) is 0. The number of aromatic nitrogens is 1. The Kier molecular flexibility index (Phi) is 2.96. The highest BCUT2D eigenvalue weighted by Crippen LogP contribution is 2.29. The van der Waals surface area contributed by atoms with E-state index in [9.17, 15) is 9.59 Å². The van der Waals surface area contributed by atoms with Crippen LogP contribution in [-0.4, -0.2) is 27.7 Å². The first kappa shape index (κ1) is 12.1. The van der Waals surface area contributed by atoms with Crippen LogP contribution in [0.25, 0.3) is 6.08 Å². The highest BCUT2D eigenvalue weighted by molar-refractivity contribution is 8.26. The fraction of sp³-hybridized carbons (Fsp3) is 0.0909. The molecule has 0 spiro atoms. The monoisotopic (exact) mass is 293 g/mol. The van der Waals surface area contributed by atoms with Gasteiger partial charge in [-0.15, -0.1) is 0 Å². The Morgan fingerprint density at radius 1 is 1.42 bits per heavy atom. The molecule has 1 fully saturated rings. The molecule has 6 nitrogen and oxygen atoms in total. The van der Waals surface area contributed by atoms with Crippen LogP contribution < -0.4 is 15.4 Å². The molecule has 0 bridgehead atoms. The second-order valence-corrected chi connectivity index (χ2v) is 5.53. The Hall–Kier alpha value is -1.93. The number of thiocarbonyl (C=S) groups is 1. The minimum Gasteiger partial charge on any atom is -0.466 e. The summed E-state index contributed by atoms with van der Waals surface area (Å²) in [6, 6.07) is 1.70. The smallest absolute Gasteiger partial charge is 0.263 e. The molecule has 2 N–H and O–H groups in total. The molecule has 1 saturated heterocycles. The van der Waals surface area contributed by atoms with Crippen molar-refractivity contribution >= 4 is 51.9 Å². The van der Waals surface area contributed by atoms with Crippen molar-refractivity contribution in [2.45, 2.75) is 0 Å². The zero-order valence-corrected chi connectivity index (χ0v) is 11.1. The summed E-state index contributed by atoms with van der Waals surface area (Å²) in [5.41, 5.74) is 1.18. The predicted molar refractivity (Wildman–Crippen MR) is 74.7 cm³/mol. The third kappa shape index (κ3) is 2.45. The van der Waals surface area contributed by atoms with E-state index in [1.807, 2.05) is 0 Å². The van der Waals surface area contributed by atoms with Gasteiger partial charge in [-0.3, -0.25) is 9.59 Å². The molecular formula is C11H7N3O3S2. The molecule has 0 atom stereocenters. The third-order valence-electron chi connectivity index (χ3n) is 2.43. The van der Waals surface area contributed by atoms with Crippen molar-refractivity contribution in [3.05, 3.63) is 22.7 Å². The Bertz CT molecular complexity index is 642. The molecule has 19 heavy (non-hydrogen) atoms. The van der Waals surface area contributed by atoms with Gasteiger partial charge >= 0.3 is 0 Å². The van der Waals surface area contributed by atoms with Crippen LogP contribution >= 0.6 is 24.0 Å². The Balaban J connectivity index is 1.92. The van der Waals surface area contributed by atoms with Crippen molar-refractivity contribution < 1.29 is 14.3 Å². The van der Waals surface area contributed by atoms with Gasteiger partial charge in [-0.25, -0.2) is 4.98 Å². The van der Waals surface area contributed by atoms with E-state index in [1.165, 1.54) is 11.8 Å². The highest BCUT2D eigenvalue weighted by Gasteiger charge is 2.22. The molecule has 1 aromatic rings. The minimum absolute atomic E-state index is 0.0348. The van der Waals surface area contributed by atoms with Crippen molar-refractivity contribution in [3.8, 4) is 5.88 Å². The van der Waals surface area contributed by atoms with E-state index in [0.29, 0.717) is 26.4 Å². The van der Waals surface area contributed by atoms with Crippen LogP contribution in [0.4, 0.5) is 5.69 Å². The van der Waals surface area contributed by atoms with Gasteiger partial charge in [0.2, 0.25) is 5.88 Å². The number of hydrogen-bond donors (Lipinski definition) is 2. The van der Waals surface area contributed by atoms with Crippen molar-refractivity contribution in [2.24, 2.45) is 0 Å². The van der Waals surface area contributed by atoms with Gasteiger partial charge in [0.25, 0.3) is 11.8 Å². The van der Waals surface area contributed by atoms with E-state index in [0.717, 1.165) is 0 Å². The first-order valence-electron chi connectivity index (χ1n) is 5.29. The molecule has 8 heteroatoms. The molecule has 0 unspecified atom stereocenters. The summed E-state index contributed by atoms with van der Waals surface area (Å²) in [6.45, 7) is -0.0348. The van der Waals surface area contributed by atoms with Crippen LogP contribution in [0.2, 0.25) is 0 Å². The summed E-state index contributed by atoms with van der Waals surface area (Å²) >= 11 is 6.09. The quantitative estimate of drug-likeness (QED) is 0.591. The standard InChI is InChI=1S/C11H7N3O3S2/c15-8-4-17-10-6(13-8)1-5(3-12-10)2-7-9(16)14-11(18)19-7/h1-3H,4H2,(H,13,15)(H,14,16,18). The molecule has 0 aliphatic carbocycles. The summed E-state index contributed by atoms with van der Waals surface area (Å²) < 4.78 is 5.58. The largest absolute Gasteiger partial charge is 0.466 e. The number of amides is 2. The van der Waals surface area contributed by atoms with Gasteiger partial charge in [0, 0.05) is 6.20 Å². The van der Waals surface area contributed by atoms with Gasteiger partial charge in [-0.2, -0.15) is 0 Å². The number of nitrogens with one attached hydrogen (secondary N) is 2. The maximum atomic E-state index is 11.5. The van der Waals surface area contributed by atoms with E-state index in [-0.39, 0.29) is 18.4 Å². The lowest BCUT2D eigenvalue weighted by Gasteiger charge is -2.16. The summed E-state index contributed by atoms with van der Waals surface area (Å²) in [6.07, 6.45) is 3.23. The highest BCUT2D eigenvalue weighted by atomic mass is 32.2. The Labute approximate surface area is 117 Å². The second-order valence-electron chi connectivity index (χ2n) is 3.81. The number of ether oxygens (including phenoxy) is 1. The molecule has 2 aliphatic rings. The van der Waals surface area contributed by atoms with Crippen molar-refractivity contribution in [1.82, 2.24) is 10.3 Å². The molecule has 3 rings (SSSR count). The SMILES string of the molecule is O=C1COc2ncc(C=C3SC(=S)NC3=O)cc2N1. The fourth-order valence-electron chi connectivity index (χ4n) is 1.64. The first-order valence-corrected chi connectivity index (χ1v) is 6.52. The van der Waals surface area contributed by atoms with Crippen molar-refractivity contribution in [2.75, 3.05) is 11.9 Å². The Morgan fingerprint density at radius 2 is 2.26 bits per heavy atom. The molecule has 1 aromatic heterocycles. The number of hydrogen-bond acceptors (Lipinski definition) is 6. The molecule has 0 radical (unpaired) electrons. The topological polar surface area (TPSA) is 80.3 Å². The van der Waals surface area contributed by atoms with E-state index in [1.54, 1.807) is 18.3 Å². The normalized spacial score (nSPS) is 19.8. The number of anilines is 1. The van der Waals surface area contributed by atoms with Gasteiger partial charge in [-0.1, -0.05) is 24.0 Å². The van der Waals surface area contributed by atoms with E-state index in [4.69, 9.17) is 17.0 Å². The lowest BCUT2D eigenvalue weighted by Crippen LogP contribution is -2.26. The average Bonchev–Trinajstić information content (AvgIpc) is 2.67. The number of thioether (sulfide) groups is 1. The van der Waals surface area contributed by atoms with Crippen molar-refractivity contribution in [3.63, 3.8) is 0 Å². The van der Waals surface area contributed by atoms with Crippen LogP contribution in [0, 0.1) is 0 Å². The predicted octanol–water partition coefficient (Wildman–Crippen LogP) is 0.901. The summed E-state index contributed by atoms with van der Waals surface area (Å²) in [4.78, 5) is 27.3. The molecule has 0 saturated carbocycles. The average molecular weight is 293 g/mol. The van der Waals surface area contributed by atoms with Crippen molar-refractivity contribution in [1.29, 1.82) is 0 Å². The third-order valence-corrected chi connectivity index (χ3v) is 3.59. The van der Waals surface area contributed by atoms with Gasteiger partial charge in [0.05, 0.1) is 4.91 Å². The van der Waals surface area contributed by atoms with Gasteiger partial charge in [0.15, 0.2) is 6.61 Å². The minimum atomic E-state index is -0.229. The van der Waals surface area contributed by atoms with Gasteiger partial charge in [-0.05, 0) is 17.7 Å². The summed E-state index contributed by atoms with van der Waals surface area (Å²) in [5.74, 6) is -0.0814. The van der Waals surface area contributed by atoms with Crippen LogP contribution in [-0.2, 0) is 9.59 Å². The number of rotatable bonds is 1. The molecule has 2 aliphatic heterocycles. The van der Waals surface area contributed by atoms with Crippen LogP contribution in [0.1, 0.15) is 5.56 Å². The van der Waals surface area contributed by atoms with Gasteiger partial charge in [0.1, 0.15) is 10.0 Å². The summed E-state index contributed by atoms with van der Waals surface area (Å²) in [5, 5.41) is 5.19. The Morgan fingerprint density at radius 3 is 3.00 bits per heavy atom.